The minimum absolute atomic E-state index is 0.109. The number of nitrogens with one attached hydrogen (secondary N) is 7. The van der Waals surface area contributed by atoms with Crippen LogP contribution in [0.15, 0.2) is 43.5 Å². The van der Waals surface area contributed by atoms with Crippen LogP contribution in [0.5, 0.6) is 5.75 Å². The summed E-state index contributed by atoms with van der Waals surface area (Å²) in [6.07, 6.45) is 9.00. The van der Waals surface area contributed by atoms with E-state index in [4.69, 9.17) is 14.2 Å². The number of unbranched alkanes of at least 4 members (excludes halogenated alkanes) is 4. The van der Waals surface area contributed by atoms with Crippen LogP contribution in [0, 0.1) is 6.92 Å². The molecule has 16 nitrogen and oxygen atoms in total. The van der Waals surface area contributed by atoms with E-state index in [0.29, 0.717) is 63.8 Å². The third-order valence-electron chi connectivity index (χ3n) is 8.97. The molecule has 1 aromatic rings. The van der Waals surface area contributed by atoms with Crippen molar-refractivity contribution in [2.24, 2.45) is 0 Å². The highest BCUT2D eigenvalue weighted by Crippen LogP contribution is 2.24. The third-order valence-corrected chi connectivity index (χ3v) is 8.97. The maximum Gasteiger partial charge on any atom is 0.407 e. The van der Waals surface area contributed by atoms with Crippen molar-refractivity contribution in [2.45, 2.75) is 103 Å². The molecule has 2 rings (SSSR count). The molecule has 0 saturated carbocycles. The Labute approximate surface area is 326 Å². The number of hydrogen-bond acceptors (Lipinski definition) is 8. The van der Waals surface area contributed by atoms with E-state index in [1.54, 1.807) is 12.0 Å². The van der Waals surface area contributed by atoms with Crippen LogP contribution in [0.3, 0.4) is 0 Å². The van der Waals surface area contributed by atoms with Gasteiger partial charge in [0.25, 0.3) is 0 Å². The lowest BCUT2D eigenvalue weighted by molar-refractivity contribution is 0.156. The van der Waals surface area contributed by atoms with E-state index >= 15 is 0 Å². The predicted octanol–water partition coefficient (Wildman–Crippen LogP) is 4.98. The molecule has 0 unspecified atom stereocenters. The summed E-state index contributed by atoms with van der Waals surface area (Å²) in [6, 6.07) is 3.38. The van der Waals surface area contributed by atoms with Crippen molar-refractivity contribution >= 4 is 30.3 Å². The van der Waals surface area contributed by atoms with Gasteiger partial charge in [-0.1, -0.05) is 63.6 Å². The molecule has 0 aromatic heterocycles. The Morgan fingerprint density at radius 1 is 0.800 bits per heavy atom. The van der Waals surface area contributed by atoms with Gasteiger partial charge in [-0.3, -0.25) is 0 Å². The molecule has 0 spiro atoms. The lowest BCUT2D eigenvalue weighted by Gasteiger charge is -2.33. The van der Waals surface area contributed by atoms with Crippen molar-refractivity contribution in [1.29, 1.82) is 0 Å². The molecular weight excluding hydrogens is 708 g/mol. The quantitative estimate of drug-likeness (QED) is 0.0670. The number of alkyl carbamates (subject to hydrolysis) is 2. The van der Waals surface area contributed by atoms with Crippen molar-refractivity contribution in [3.05, 3.63) is 54.6 Å². The molecule has 0 aliphatic carbocycles. The largest absolute Gasteiger partial charge is 0.496 e. The molecule has 308 valence electrons. The molecule has 1 aliphatic heterocycles. The lowest BCUT2D eigenvalue weighted by atomic mass is 10.1. The van der Waals surface area contributed by atoms with Gasteiger partial charge in [-0.15, -0.1) is 0 Å². The van der Waals surface area contributed by atoms with Crippen LogP contribution in [0.1, 0.15) is 82.3 Å². The summed E-state index contributed by atoms with van der Waals surface area (Å²) >= 11 is 0. The Morgan fingerprint density at radius 3 is 1.91 bits per heavy atom. The molecule has 16 heteroatoms. The van der Waals surface area contributed by atoms with Crippen LogP contribution in [-0.4, -0.2) is 106 Å². The summed E-state index contributed by atoms with van der Waals surface area (Å²) in [7, 11) is 1.58. The van der Waals surface area contributed by atoms with Crippen molar-refractivity contribution in [2.75, 3.05) is 53.0 Å². The van der Waals surface area contributed by atoms with Gasteiger partial charge in [0.2, 0.25) is 0 Å². The topological polar surface area (TPSA) is 200 Å². The van der Waals surface area contributed by atoms with Gasteiger partial charge in [0.05, 0.1) is 19.7 Å². The normalized spacial score (nSPS) is 18.1. The SMILES string of the molecule is C=CCOC(=O)NCCCC[C@H]1CNC(=O)N(Cc2ccc(C)cc2OC)[C@@H](CCCCNC(=O)OCC=C)CNC(=O)N[C@@H](CCCCC)CNC(=O)N1. The molecule has 1 fully saturated rings. The number of urea groups is 3. The smallest absolute Gasteiger partial charge is 0.407 e. The van der Waals surface area contributed by atoms with Crippen LogP contribution in [0.4, 0.5) is 24.0 Å². The van der Waals surface area contributed by atoms with Crippen LogP contribution < -0.4 is 42.0 Å². The second-order valence-corrected chi connectivity index (χ2v) is 13.5. The van der Waals surface area contributed by atoms with Gasteiger partial charge in [-0.05, 0) is 63.5 Å². The zero-order valence-electron chi connectivity index (χ0n) is 33.0. The van der Waals surface area contributed by atoms with Gasteiger partial charge in [0.15, 0.2) is 0 Å². The molecule has 0 radical (unpaired) electrons. The standard InChI is InChI=1S/C39H64N8O8/c1-6-9-10-15-31-25-42-35(48)46-32(16-11-13-20-40-38(51)54-22-7-2)26-44-37(50)47(28-30-19-18-29(4)24-34(30)53-5)33(27-43-36(49)45-31)17-12-14-21-41-39(52)55-23-8-3/h7-8,18-19,24,31-33H,2-3,6,9-17,20-23,25-28H2,1,4-5H3,(H,40,51)(H,41,52)(H,44,50)(H2,42,46,48)(H2,43,45,49)/t31-,32-,33-/m0/s1. The molecule has 1 aromatic carbocycles. The fourth-order valence-electron chi connectivity index (χ4n) is 5.98. The van der Waals surface area contributed by atoms with Gasteiger partial charge in [-0.2, -0.15) is 0 Å². The van der Waals surface area contributed by atoms with E-state index in [1.807, 2.05) is 25.1 Å². The number of ether oxygens (including phenoxy) is 3. The summed E-state index contributed by atoms with van der Waals surface area (Å²) in [4.78, 5) is 66.1. The van der Waals surface area contributed by atoms with Crippen LogP contribution in [0.25, 0.3) is 0 Å². The van der Waals surface area contributed by atoms with Gasteiger partial charge in [0.1, 0.15) is 19.0 Å². The zero-order chi connectivity index (χ0) is 40.3. The Morgan fingerprint density at radius 2 is 1.35 bits per heavy atom. The maximum atomic E-state index is 14.2. The zero-order valence-corrected chi connectivity index (χ0v) is 33.0. The Balaban J connectivity index is 2.35. The molecule has 1 aliphatic rings. The van der Waals surface area contributed by atoms with Gasteiger partial charge in [-0.25, -0.2) is 24.0 Å². The first kappa shape index (κ1) is 46.0. The van der Waals surface area contributed by atoms with Crippen molar-refractivity contribution in [3.8, 4) is 5.75 Å². The number of carbonyl (C=O) groups is 5. The molecule has 1 heterocycles. The monoisotopic (exact) mass is 772 g/mol. The van der Waals surface area contributed by atoms with E-state index in [1.165, 1.54) is 12.2 Å². The summed E-state index contributed by atoms with van der Waals surface area (Å²) in [5.41, 5.74) is 1.78. The minimum Gasteiger partial charge on any atom is -0.496 e. The Hall–Kier alpha value is -5.15. The minimum atomic E-state index is -0.536. The molecule has 3 atom stereocenters. The van der Waals surface area contributed by atoms with E-state index in [-0.39, 0.29) is 51.5 Å². The highest BCUT2D eigenvalue weighted by atomic mass is 16.6. The first-order chi connectivity index (χ1) is 26.6. The summed E-state index contributed by atoms with van der Waals surface area (Å²) in [5, 5.41) is 20.4. The lowest BCUT2D eigenvalue weighted by Crippen LogP contribution is -2.53. The predicted molar refractivity (Wildman–Crippen MR) is 212 cm³/mol. The fourth-order valence-corrected chi connectivity index (χ4v) is 5.98. The van der Waals surface area contributed by atoms with Crippen LogP contribution >= 0.6 is 0 Å². The van der Waals surface area contributed by atoms with E-state index in [0.717, 1.165) is 30.4 Å². The average molecular weight is 773 g/mol. The second kappa shape index (κ2) is 27.4. The number of carbonyl (C=O) groups excluding carboxylic acids is 5. The van der Waals surface area contributed by atoms with Crippen molar-refractivity contribution in [3.63, 3.8) is 0 Å². The van der Waals surface area contributed by atoms with E-state index < -0.39 is 36.3 Å². The number of amides is 8. The maximum absolute atomic E-state index is 14.2. The van der Waals surface area contributed by atoms with Gasteiger partial charge in [0, 0.05) is 50.4 Å². The number of rotatable bonds is 21. The molecule has 8 amide bonds. The number of methoxy groups -OCH3 is 1. The summed E-state index contributed by atoms with van der Waals surface area (Å²) in [5.74, 6) is 0.628. The molecule has 1 saturated heterocycles. The number of hydrogen-bond donors (Lipinski definition) is 7. The van der Waals surface area contributed by atoms with E-state index in [2.05, 4.69) is 57.3 Å². The Bertz CT molecular complexity index is 1360. The van der Waals surface area contributed by atoms with E-state index in [9.17, 15) is 24.0 Å². The first-order valence-electron chi connectivity index (χ1n) is 19.4. The molecule has 55 heavy (non-hydrogen) atoms. The summed E-state index contributed by atoms with van der Waals surface area (Å²) < 4.78 is 15.6. The number of benzene rings is 1. The number of nitrogens with zero attached hydrogens (tertiary/aromatic N) is 1. The highest BCUT2D eigenvalue weighted by molar-refractivity contribution is 5.77. The van der Waals surface area contributed by atoms with Crippen LogP contribution in [-0.2, 0) is 16.0 Å². The molecule has 7 N–H and O–H groups in total. The second-order valence-electron chi connectivity index (χ2n) is 13.5. The Kier molecular flexibility index (Phi) is 22.9. The molecule has 0 bridgehead atoms. The highest BCUT2D eigenvalue weighted by Gasteiger charge is 2.27. The summed E-state index contributed by atoms with van der Waals surface area (Å²) in [6.45, 7) is 12.8. The third kappa shape index (κ3) is 19.7. The average Bonchev–Trinajstić information content (AvgIpc) is 3.17. The fraction of sp³-hybridized carbons (Fsp3) is 0.615. The van der Waals surface area contributed by atoms with Crippen LogP contribution in [0.2, 0.25) is 0 Å². The molecular formula is C39H64N8O8. The van der Waals surface area contributed by atoms with Gasteiger partial charge >= 0.3 is 30.3 Å². The van der Waals surface area contributed by atoms with Gasteiger partial charge < -0.3 is 56.3 Å². The van der Waals surface area contributed by atoms with Crippen molar-refractivity contribution in [1.82, 2.24) is 42.1 Å². The first-order valence-corrected chi connectivity index (χ1v) is 19.4. The van der Waals surface area contributed by atoms with Crippen molar-refractivity contribution < 1.29 is 38.2 Å². The number of aryl methyl sites for hydroxylation is 1.